The summed E-state index contributed by atoms with van der Waals surface area (Å²) in [5, 5.41) is 5.73. The molecule has 26 heavy (non-hydrogen) atoms. The summed E-state index contributed by atoms with van der Waals surface area (Å²) >= 11 is 1.42. The fourth-order valence-electron chi connectivity index (χ4n) is 3.04. The van der Waals surface area contributed by atoms with Crippen molar-refractivity contribution in [1.82, 2.24) is 20.5 Å². The van der Waals surface area contributed by atoms with Gasteiger partial charge in [-0.15, -0.1) is 0 Å². The summed E-state index contributed by atoms with van der Waals surface area (Å²) in [6, 6.07) is 2.64. The molecular formula is C18H26N4O3S. The van der Waals surface area contributed by atoms with E-state index in [4.69, 9.17) is 0 Å². The normalized spacial score (nSPS) is 19.3. The van der Waals surface area contributed by atoms with Gasteiger partial charge in [0, 0.05) is 36.6 Å². The highest BCUT2D eigenvalue weighted by Gasteiger charge is 2.39. The first-order valence-electron chi connectivity index (χ1n) is 8.82. The quantitative estimate of drug-likeness (QED) is 0.734. The number of hydrogen-bond donors (Lipinski definition) is 2. The van der Waals surface area contributed by atoms with E-state index in [2.05, 4.69) is 15.6 Å². The van der Waals surface area contributed by atoms with Crippen LogP contribution in [0.2, 0.25) is 0 Å². The van der Waals surface area contributed by atoms with Crippen LogP contribution < -0.4 is 10.6 Å². The molecule has 0 spiro atoms. The highest BCUT2D eigenvalue weighted by molar-refractivity contribution is 7.99. The number of nitrogens with zero attached hydrogens (tertiary/aromatic N) is 2. The van der Waals surface area contributed by atoms with E-state index in [9.17, 15) is 14.4 Å². The Hall–Kier alpha value is -2.09. The smallest absolute Gasteiger partial charge is 0.251 e. The van der Waals surface area contributed by atoms with Crippen LogP contribution in [-0.2, 0) is 16.0 Å². The van der Waals surface area contributed by atoms with Gasteiger partial charge in [-0.2, -0.15) is 11.8 Å². The van der Waals surface area contributed by atoms with Crippen molar-refractivity contribution in [3.8, 4) is 0 Å². The van der Waals surface area contributed by atoms with Crippen LogP contribution >= 0.6 is 11.8 Å². The van der Waals surface area contributed by atoms with E-state index >= 15 is 0 Å². The lowest BCUT2D eigenvalue weighted by Crippen LogP contribution is -2.46. The average Bonchev–Trinajstić information content (AvgIpc) is 3.06. The molecular weight excluding hydrogens is 352 g/mol. The molecule has 2 atom stereocenters. The topological polar surface area (TPSA) is 91.4 Å². The SMILES string of the molecule is CCNC(=O)C1CC(NC(=O)c2ccnc(CC)c2)CN1C(=O)CSC. The number of likely N-dealkylation sites (N-methyl/N-ethyl adjacent to an activating group) is 1. The van der Waals surface area contributed by atoms with E-state index in [0.717, 1.165) is 12.1 Å². The second-order valence-corrected chi connectivity index (χ2v) is 7.05. The maximum absolute atomic E-state index is 12.5. The molecule has 142 valence electrons. The molecule has 1 aliphatic heterocycles. The van der Waals surface area contributed by atoms with Gasteiger partial charge in [0.15, 0.2) is 0 Å². The zero-order valence-electron chi connectivity index (χ0n) is 15.4. The molecule has 1 fully saturated rings. The molecule has 1 saturated heterocycles. The van der Waals surface area contributed by atoms with Crippen LogP contribution in [0.1, 0.15) is 36.3 Å². The van der Waals surface area contributed by atoms with Crippen molar-refractivity contribution in [3.05, 3.63) is 29.6 Å². The molecule has 3 amide bonds. The van der Waals surface area contributed by atoms with Crippen LogP contribution in [0.25, 0.3) is 0 Å². The van der Waals surface area contributed by atoms with Crippen molar-refractivity contribution in [2.24, 2.45) is 0 Å². The van der Waals surface area contributed by atoms with Crippen LogP contribution in [0.3, 0.4) is 0 Å². The molecule has 0 saturated carbocycles. The van der Waals surface area contributed by atoms with Crippen molar-refractivity contribution in [3.63, 3.8) is 0 Å². The van der Waals surface area contributed by atoms with Gasteiger partial charge in [0.05, 0.1) is 5.75 Å². The predicted octanol–water partition coefficient (Wildman–Crippen LogP) is 0.842. The largest absolute Gasteiger partial charge is 0.355 e. The molecule has 0 radical (unpaired) electrons. The Morgan fingerprint density at radius 2 is 2.12 bits per heavy atom. The summed E-state index contributed by atoms with van der Waals surface area (Å²) < 4.78 is 0. The first-order valence-corrected chi connectivity index (χ1v) is 10.2. The zero-order chi connectivity index (χ0) is 19.1. The summed E-state index contributed by atoms with van der Waals surface area (Å²) in [5.41, 5.74) is 1.39. The van der Waals surface area contributed by atoms with Gasteiger partial charge in [0.2, 0.25) is 11.8 Å². The summed E-state index contributed by atoms with van der Waals surface area (Å²) in [4.78, 5) is 43.0. The number of rotatable bonds is 7. The predicted molar refractivity (Wildman–Crippen MR) is 102 cm³/mol. The highest BCUT2D eigenvalue weighted by atomic mass is 32.2. The van der Waals surface area contributed by atoms with Gasteiger partial charge in [0.1, 0.15) is 6.04 Å². The van der Waals surface area contributed by atoms with Crippen molar-refractivity contribution < 1.29 is 14.4 Å². The zero-order valence-corrected chi connectivity index (χ0v) is 16.3. The number of nitrogens with one attached hydrogen (secondary N) is 2. The van der Waals surface area contributed by atoms with E-state index in [0.29, 0.717) is 30.8 Å². The number of carbonyl (C=O) groups is 3. The molecule has 1 aromatic rings. The van der Waals surface area contributed by atoms with Crippen molar-refractivity contribution in [1.29, 1.82) is 0 Å². The highest BCUT2D eigenvalue weighted by Crippen LogP contribution is 2.20. The maximum Gasteiger partial charge on any atom is 0.251 e. The number of thioether (sulfide) groups is 1. The van der Waals surface area contributed by atoms with Crippen molar-refractivity contribution in [2.75, 3.05) is 25.1 Å². The van der Waals surface area contributed by atoms with Gasteiger partial charge in [-0.25, -0.2) is 0 Å². The summed E-state index contributed by atoms with van der Waals surface area (Å²) in [6.07, 6.45) is 4.64. The number of aryl methyl sites for hydroxylation is 1. The second kappa shape index (κ2) is 9.56. The number of amides is 3. The lowest BCUT2D eigenvalue weighted by atomic mass is 10.1. The van der Waals surface area contributed by atoms with E-state index in [1.807, 2.05) is 20.1 Å². The Balaban J connectivity index is 2.08. The fraction of sp³-hybridized carbons (Fsp3) is 0.556. The molecule has 2 N–H and O–H groups in total. The summed E-state index contributed by atoms with van der Waals surface area (Å²) in [7, 11) is 0. The fourth-order valence-corrected chi connectivity index (χ4v) is 3.46. The van der Waals surface area contributed by atoms with Gasteiger partial charge < -0.3 is 15.5 Å². The second-order valence-electron chi connectivity index (χ2n) is 6.18. The van der Waals surface area contributed by atoms with Crippen LogP contribution in [0, 0.1) is 0 Å². The number of carbonyl (C=O) groups excluding carboxylic acids is 3. The Kier molecular flexibility index (Phi) is 7.44. The van der Waals surface area contributed by atoms with Gasteiger partial charge in [0.25, 0.3) is 5.91 Å². The Morgan fingerprint density at radius 3 is 2.77 bits per heavy atom. The number of pyridine rings is 1. The molecule has 2 unspecified atom stereocenters. The van der Waals surface area contributed by atoms with Crippen LogP contribution in [-0.4, -0.2) is 64.8 Å². The molecule has 8 heteroatoms. The maximum atomic E-state index is 12.5. The van der Waals surface area contributed by atoms with Gasteiger partial charge in [-0.05, 0) is 38.2 Å². The van der Waals surface area contributed by atoms with E-state index < -0.39 is 6.04 Å². The van der Waals surface area contributed by atoms with Gasteiger partial charge >= 0.3 is 0 Å². The standard InChI is InChI=1S/C18H26N4O3S/c1-4-13-8-12(6-7-20-13)17(24)21-14-9-15(18(25)19-5-2)22(10-14)16(23)11-26-3/h6-8,14-15H,4-5,9-11H2,1-3H3,(H,19,25)(H,21,24). The molecule has 7 nitrogen and oxygen atoms in total. The van der Waals surface area contributed by atoms with Gasteiger partial charge in [-0.1, -0.05) is 6.92 Å². The molecule has 2 heterocycles. The summed E-state index contributed by atoms with van der Waals surface area (Å²) in [5.74, 6) is -0.139. The number of likely N-dealkylation sites (tertiary alicyclic amines) is 1. The molecule has 0 bridgehead atoms. The Bertz CT molecular complexity index is 642. The average molecular weight is 378 g/mol. The monoisotopic (exact) mass is 378 g/mol. The molecule has 0 aromatic carbocycles. The third-order valence-corrected chi connectivity index (χ3v) is 4.85. The first-order chi connectivity index (χ1) is 12.5. The van der Waals surface area contributed by atoms with Crippen molar-refractivity contribution in [2.45, 2.75) is 38.8 Å². The molecule has 1 aromatic heterocycles. The Morgan fingerprint density at radius 1 is 1.35 bits per heavy atom. The molecule has 2 rings (SSSR count). The third-order valence-electron chi connectivity index (χ3n) is 4.32. The Labute approximate surface area is 158 Å². The molecule has 0 aliphatic carbocycles. The number of aromatic nitrogens is 1. The number of hydrogen-bond acceptors (Lipinski definition) is 5. The van der Waals surface area contributed by atoms with Crippen molar-refractivity contribution >= 4 is 29.5 Å². The summed E-state index contributed by atoms with van der Waals surface area (Å²) in [6.45, 7) is 4.68. The van der Waals surface area contributed by atoms with Crippen LogP contribution in [0.5, 0.6) is 0 Å². The minimum absolute atomic E-state index is 0.0808. The third kappa shape index (κ3) is 4.97. The minimum Gasteiger partial charge on any atom is -0.355 e. The lowest BCUT2D eigenvalue weighted by molar-refractivity contribution is -0.136. The van der Waals surface area contributed by atoms with E-state index in [-0.39, 0.29) is 23.8 Å². The van der Waals surface area contributed by atoms with E-state index in [1.165, 1.54) is 11.8 Å². The lowest BCUT2D eigenvalue weighted by Gasteiger charge is -2.23. The van der Waals surface area contributed by atoms with Gasteiger partial charge in [-0.3, -0.25) is 19.4 Å². The van der Waals surface area contributed by atoms with E-state index in [1.54, 1.807) is 23.2 Å². The minimum atomic E-state index is -0.538. The van der Waals surface area contributed by atoms with Crippen LogP contribution in [0.15, 0.2) is 18.3 Å². The first kappa shape index (κ1) is 20.2. The molecule has 1 aliphatic rings. The van der Waals surface area contributed by atoms with Crippen LogP contribution in [0.4, 0.5) is 0 Å².